The van der Waals surface area contributed by atoms with Crippen molar-refractivity contribution in [3.8, 4) is 11.3 Å². The van der Waals surface area contributed by atoms with E-state index in [0.717, 1.165) is 24.9 Å². The maximum absolute atomic E-state index is 12.4. The number of pyridine rings is 2. The van der Waals surface area contributed by atoms with Gasteiger partial charge in [-0.2, -0.15) is 0 Å². The molecule has 0 N–H and O–H groups in total. The van der Waals surface area contributed by atoms with Crippen LogP contribution in [0.25, 0.3) is 17.0 Å². The number of hydrogen-bond acceptors (Lipinski definition) is 4. The average molecular weight is 331 g/mol. The smallest absolute Gasteiger partial charge is 0.259 e. The molecule has 0 aliphatic rings. The van der Waals surface area contributed by atoms with Crippen LogP contribution in [0.15, 0.2) is 72.3 Å². The van der Waals surface area contributed by atoms with Crippen molar-refractivity contribution in [3.63, 3.8) is 0 Å². The van der Waals surface area contributed by atoms with Gasteiger partial charge in [-0.3, -0.25) is 19.2 Å². The van der Waals surface area contributed by atoms with Crippen LogP contribution in [-0.4, -0.2) is 23.9 Å². The van der Waals surface area contributed by atoms with E-state index in [4.69, 9.17) is 0 Å². The van der Waals surface area contributed by atoms with Gasteiger partial charge >= 0.3 is 0 Å². The highest BCUT2D eigenvalue weighted by Crippen LogP contribution is 2.15. The van der Waals surface area contributed by atoms with E-state index >= 15 is 0 Å². The maximum atomic E-state index is 12.4. The molecule has 0 atom stereocenters. The van der Waals surface area contributed by atoms with Gasteiger partial charge in [0.2, 0.25) is 5.78 Å². The lowest BCUT2D eigenvalue weighted by Gasteiger charge is -2.06. The fraction of sp³-hybridized carbons (Fsp3) is 0.158. The van der Waals surface area contributed by atoms with Crippen LogP contribution in [0.2, 0.25) is 0 Å². The minimum absolute atomic E-state index is 0.0807. The van der Waals surface area contributed by atoms with Gasteiger partial charge in [-0.1, -0.05) is 6.07 Å². The fourth-order valence-electron chi connectivity index (χ4n) is 2.88. The molecule has 0 fully saturated rings. The lowest BCUT2D eigenvalue weighted by molar-refractivity contribution is 0.652. The molecular weight excluding hydrogens is 314 g/mol. The van der Waals surface area contributed by atoms with E-state index in [1.54, 1.807) is 35.3 Å². The van der Waals surface area contributed by atoms with Crippen molar-refractivity contribution in [1.29, 1.82) is 0 Å². The third kappa shape index (κ3) is 3.19. The van der Waals surface area contributed by atoms with Crippen LogP contribution in [0, 0.1) is 0 Å². The molecule has 0 amide bonds. The van der Waals surface area contributed by atoms with E-state index in [2.05, 4.69) is 21.0 Å². The molecule has 4 heterocycles. The summed E-state index contributed by atoms with van der Waals surface area (Å²) in [7, 11) is 0. The van der Waals surface area contributed by atoms with Crippen molar-refractivity contribution in [2.45, 2.75) is 19.4 Å². The van der Waals surface area contributed by atoms with Crippen molar-refractivity contribution in [2.24, 2.45) is 0 Å². The predicted molar refractivity (Wildman–Crippen MR) is 95.2 cm³/mol. The van der Waals surface area contributed by atoms with Crippen molar-refractivity contribution in [2.75, 3.05) is 0 Å². The number of imidazole rings is 1. The monoisotopic (exact) mass is 331 g/mol. The van der Waals surface area contributed by atoms with Gasteiger partial charge in [0.1, 0.15) is 0 Å². The molecular formula is C19H17N5O. The number of aryl methyl sites for hydroxylation is 2. The van der Waals surface area contributed by atoms with Gasteiger partial charge in [0.15, 0.2) is 0 Å². The summed E-state index contributed by atoms with van der Waals surface area (Å²) in [5.41, 5.74) is 2.68. The largest absolute Gasteiger partial charge is 0.317 e. The second-order valence-corrected chi connectivity index (χ2v) is 5.84. The number of fused-ring (bicyclic) bond motifs is 1. The summed E-state index contributed by atoms with van der Waals surface area (Å²) in [6.07, 6.45) is 12.6. The molecule has 0 spiro atoms. The predicted octanol–water partition coefficient (Wildman–Crippen LogP) is 2.59. The Bertz CT molecular complexity index is 1040. The average Bonchev–Trinajstić information content (AvgIpc) is 3.07. The molecule has 0 saturated carbocycles. The maximum Gasteiger partial charge on any atom is 0.259 e. The standard InChI is InChI=1S/C19H17N5O/c25-18-13-17(16-5-8-20-9-6-16)22-19-23(11-12-24(18)19)10-2-4-15-3-1-7-21-14-15/h1,3,5-9,11-14H,2,4,10H2. The molecule has 4 aromatic heterocycles. The molecule has 0 aliphatic heterocycles. The lowest BCUT2D eigenvalue weighted by Crippen LogP contribution is -2.14. The van der Waals surface area contributed by atoms with Gasteiger partial charge in [-0.15, -0.1) is 0 Å². The van der Waals surface area contributed by atoms with Crippen molar-refractivity contribution in [3.05, 3.63) is 83.4 Å². The Kier molecular flexibility index (Phi) is 4.08. The van der Waals surface area contributed by atoms with Gasteiger partial charge in [0.05, 0.1) is 5.69 Å². The molecule has 6 heteroatoms. The molecule has 4 rings (SSSR count). The molecule has 0 aliphatic carbocycles. The van der Waals surface area contributed by atoms with E-state index in [1.165, 1.54) is 5.56 Å². The Morgan fingerprint density at radius 1 is 1.00 bits per heavy atom. The summed E-state index contributed by atoms with van der Waals surface area (Å²) in [4.78, 5) is 25.2. The third-order valence-electron chi connectivity index (χ3n) is 4.15. The zero-order valence-corrected chi connectivity index (χ0v) is 13.6. The Labute approximate surface area is 144 Å². The SMILES string of the molecule is O=c1cc(-c2ccncc2)nc2n(CCCc3cccnc3)ccn12. The number of hydrogen-bond donors (Lipinski definition) is 0. The summed E-state index contributed by atoms with van der Waals surface area (Å²) >= 11 is 0. The van der Waals surface area contributed by atoms with Gasteiger partial charge in [0.25, 0.3) is 5.56 Å². The first-order chi connectivity index (χ1) is 12.3. The van der Waals surface area contributed by atoms with Crippen LogP contribution < -0.4 is 5.56 Å². The van der Waals surface area contributed by atoms with E-state index < -0.39 is 0 Å². The normalized spacial score (nSPS) is 11.0. The van der Waals surface area contributed by atoms with Crippen molar-refractivity contribution >= 4 is 5.78 Å². The molecule has 25 heavy (non-hydrogen) atoms. The van der Waals surface area contributed by atoms with Gasteiger partial charge in [0, 0.05) is 55.4 Å². The quantitative estimate of drug-likeness (QED) is 0.564. The highest BCUT2D eigenvalue weighted by Gasteiger charge is 2.08. The van der Waals surface area contributed by atoms with Gasteiger partial charge < -0.3 is 4.57 Å². The summed E-state index contributed by atoms with van der Waals surface area (Å²) in [5.74, 6) is 0.658. The van der Waals surface area contributed by atoms with E-state index in [-0.39, 0.29) is 5.56 Å². The number of nitrogens with zero attached hydrogens (tertiary/aromatic N) is 5. The third-order valence-corrected chi connectivity index (χ3v) is 4.15. The summed E-state index contributed by atoms with van der Waals surface area (Å²) in [6.45, 7) is 0.789. The summed E-state index contributed by atoms with van der Waals surface area (Å²) < 4.78 is 3.59. The van der Waals surface area contributed by atoms with Crippen molar-refractivity contribution < 1.29 is 0 Å². The van der Waals surface area contributed by atoms with E-state index in [0.29, 0.717) is 11.5 Å². The Balaban J connectivity index is 1.61. The zero-order valence-electron chi connectivity index (χ0n) is 13.6. The highest BCUT2D eigenvalue weighted by molar-refractivity contribution is 5.59. The number of aromatic nitrogens is 5. The molecule has 0 saturated heterocycles. The first-order valence-corrected chi connectivity index (χ1v) is 8.19. The van der Waals surface area contributed by atoms with E-state index in [1.807, 2.05) is 35.2 Å². The van der Waals surface area contributed by atoms with E-state index in [9.17, 15) is 4.79 Å². The molecule has 0 bridgehead atoms. The summed E-state index contributed by atoms with van der Waals surface area (Å²) in [6, 6.07) is 9.29. The Hall–Kier alpha value is -3.28. The van der Waals surface area contributed by atoms with Crippen molar-refractivity contribution in [1.82, 2.24) is 23.9 Å². The topological polar surface area (TPSA) is 65.1 Å². The Morgan fingerprint density at radius 2 is 1.88 bits per heavy atom. The molecule has 0 radical (unpaired) electrons. The van der Waals surface area contributed by atoms with Crippen LogP contribution in [0.1, 0.15) is 12.0 Å². The fourth-order valence-corrected chi connectivity index (χ4v) is 2.88. The van der Waals surface area contributed by atoms with Gasteiger partial charge in [-0.05, 0) is 36.6 Å². The van der Waals surface area contributed by atoms with Crippen LogP contribution in [0.3, 0.4) is 0 Å². The highest BCUT2D eigenvalue weighted by atomic mass is 16.1. The zero-order chi connectivity index (χ0) is 17.1. The molecule has 0 unspecified atom stereocenters. The molecule has 124 valence electrons. The number of rotatable bonds is 5. The Morgan fingerprint density at radius 3 is 2.68 bits per heavy atom. The second kappa shape index (κ2) is 6.68. The summed E-state index contributed by atoms with van der Waals surface area (Å²) in [5, 5.41) is 0. The second-order valence-electron chi connectivity index (χ2n) is 5.84. The minimum Gasteiger partial charge on any atom is -0.317 e. The van der Waals surface area contributed by atoms with Gasteiger partial charge in [-0.25, -0.2) is 4.98 Å². The lowest BCUT2D eigenvalue weighted by atomic mass is 10.1. The van der Waals surface area contributed by atoms with Crippen LogP contribution in [-0.2, 0) is 13.0 Å². The van der Waals surface area contributed by atoms with Crippen LogP contribution in [0.4, 0.5) is 0 Å². The first-order valence-electron chi connectivity index (χ1n) is 8.19. The van der Waals surface area contributed by atoms with Crippen LogP contribution in [0.5, 0.6) is 0 Å². The van der Waals surface area contributed by atoms with Crippen LogP contribution >= 0.6 is 0 Å². The molecule has 6 nitrogen and oxygen atoms in total. The minimum atomic E-state index is -0.0807. The molecule has 4 aromatic rings. The molecule has 0 aromatic carbocycles. The first kappa shape index (κ1) is 15.3.